The molecule has 2 aromatic heterocycles. The van der Waals surface area contributed by atoms with Gasteiger partial charge in [0.15, 0.2) is 5.82 Å². The van der Waals surface area contributed by atoms with Crippen molar-refractivity contribution in [3.8, 4) is 39.3 Å². The van der Waals surface area contributed by atoms with Crippen LogP contribution in [-0.4, -0.2) is 19.5 Å². The normalized spacial score (nSPS) is 14.3. The van der Waals surface area contributed by atoms with Crippen molar-refractivity contribution >= 4 is 45.0 Å². The van der Waals surface area contributed by atoms with E-state index in [0.29, 0.717) is 5.82 Å². The van der Waals surface area contributed by atoms with Crippen LogP contribution in [0.2, 0.25) is 10.6 Å². The van der Waals surface area contributed by atoms with Gasteiger partial charge >= 0.3 is 0 Å². The highest BCUT2D eigenvalue weighted by Crippen LogP contribution is 2.57. The van der Waals surface area contributed by atoms with Gasteiger partial charge in [-0.3, -0.25) is 0 Å². The maximum absolute atomic E-state index is 6.09. The smallest absolute Gasteiger partial charge is 0.227 e. The van der Waals surface area contributed by atoms with E-state index < -0.39 is 0 Å². The summed E-state index contributed by atoms with van der Waals surface area (Å²) >= 11 is 12.2. The van der Waals surface area contributed by atoms with Gasteiger partial charge in [0.05, 0.1) is 16.7 Å². The van der Waals surface area contributed by atoms with Crippen LogP contribution in [0, 0.1) is 0 Å². The highest BCUT2D eigenvalue weighted by atomic mass is 35.5. The highest BCUT2D eigenvalue weighted by Gasteiger charge is 2.40. The average molecular weight is 505 g/mol. The SMILES string of the molecule is CC1(C)c2cccc3c2-c2c1ccc1c4cc(-c5nc(Cl)nc(Cl)n5)ccc4n(c21)-c1ccccc1-3. The Labute approximate surface area is 217 Å². The highest BCUT2D eigenvalue weighted by molar-refractivity contribution is 6.31. The van der Waals surface area contributed by atoms with Crippen molar-refractivity contribution in [1.29, 1.82) is 0 Å². The molecule has 172 valence electrons. The Hall–Kier alpha value is -3.73. The second kappa shape index (κ2) is 6.73. The largest absolute Gasteiger partial charge is 0.308 e. The molecule has 0 radical (unpaired) electrons. The van der Waals surface area contributed by atoms with Crippen molar-refractivity contribution in [3.05, 3.63) is 94.5 Å². The van der Waals surface area contributed by atoms with Crippen LogP contribution in [0.15, 0.2) is 72.8 Å². The molecule has 6 heteroatoms. The van der Waals surface area contributed by atoms with Gasteiger partial charge in [0.25, 0.3) is 0 Å². The zero-order chi connectivity index (χ0) is 24.3. The summed E-state index contributed by atoms with van der Waals surface area (Å²) in [7, 11) is 0. The van der Waals surface area contributed by atoms with Crippen LogP contribution in [-0.2, 0) is 5.41 Å². The first-order valence-corrected chi connectivity index (χ1v) is 12.6. The number of hydrogen-bond donors (Lipinski definition) is 0. The van der Waals surface area contributed by atoms with Gasteiger partial charge in [-0.05, 0) is 69.7 Å². The molecule has 1 aliphatic carbocycles. The number of aromatic nitrogens is 4. The predicted octanol–water partition coefficient (Wildman–Crippen LogP) is 8.23. The summed E-state index contributed by atoms with van der Waals surface area (Å²) in [6, 6.07) is 26.4. The number of benzene rings is 4. The minimum Gasteiger partial charge on any atom is -0.308 e. The molecule has 1 aliphatic heterocycles. The van der Waals surface area contributed by atoms with Gasteiger partial charge in [-0.15, -0.1) is 0 Å². The molecule has 0 N–H and O–H groups in total. The van der Waals surface area contributed by atoms with E-state index in [9.17, 15) is 0 Å². The fourth-order valence-electron chi connectivity index (χ4n) is 6.33. The summed E-state index contributed by atoms with van der Waals surface area (Å²) in [6.07, 6.45) is 0. The molecule has 8 rings (SSSR count). The standard InChI is InChI=1S/C30H18Cl2N4/c1-30(2)20-8-5-7-17-16-6-3-4-9-22(16)36-23-13-10-15(27-33-28(31)35-29(32)34-27)14-19(23)18-11-12-21(30)25(24(17)20)26(18)36/h3-14H,1-2H3. The van der Waals surface area contributed by atoms with E-state index in [0.717, 1.165) is 16.5 Å². The third-order valence-electron chi connectivity index (χ3n) is 7.86. The van der Waals surface area contributed by atoms with Crippen molar-refractivity contribution in [2.24, 2.45) is 0 Å². The van der Waals surface area contributed by atoms with Crippen LogP contribution in [0.4, 0.5) is 0 Å². The molecule has 0 amide bonds. The Morgan fingerprint density at radius 1 is 0.694 bits per heavy atom. The van der Waals surface area contributed by atoms with Crippen LogP contribution < -0.4 is 0 Å². The summed E-state index contributed by atoms with van der Waals surface area (Å²) < 4.78 is 2.43. The summed E-state index contributed by atoms with van der Waals surface area (Å²) in [6.45, 7) is 4.67. The summed E-state index contributed by atoms with van der Waals surface area (Å²) in [5, 5.41) is 2.51. The monoisotopic (exact) mass is 504 g/mol. The first-order valence-electron chi connectivity index (χ1n) is 11.9. The predicted molar refractivity (Wildman–Crippen MR) is 146 cm³/mol. The maximum Gasteiger partial charge on any atom is 0.227 e. The Kier molecular flexibility index (Phi) is 3.82. The number of hydrogen-bond acceptors (Lipinski definition) is 3. The molecule has 0 bridgehead atoms. The van der Waals surface area contributed by atoms with Crippen LogP contribution >= 0.6 is 23.2 Å². The Morgan fingerprint density at radius 2 is 1.44 bits per heavy atom. The van der Waals surface area contributed by atoms with Gasteiger partial charge in [0.2, 0.25) is 10.6 Å². The van der Waals surface area contributed by atoms with Crippen LogP contribution in [0.3, 0.4) is 0 Å². The molecule has 0 saturated heterocycles. The van der Waals surface area contributed by atoms with Crippen LogP contribution in [0.25, 0.3) is 61.1 Å². The van der Waals surface area contributed by atoms with Crippen molar-refractivity contribution in [2.45, 2.75) is 19.3 Å². The maximum atomic E-state index is 6.09. The minimum atomic E-state index is -0.0774. The lowest BCUT2D eigenvalue weighted by Gasteiger charge is -2.22. The van der Waals surface area contributed by atoms with E-state index in [1.165, 1.54) is 50.0 Å². The van der Waals surface area contributed by atoms with E-state index in [-0.39, 0.29) is 16.0 Å². The molecule has 6 aromatic rings. The number of para-hydroxylation sites is 1. The first kappa shape index (κ1) is 20.5. The Bertz CT molecular complexity index is 1930. The molecule has 0 atom stereocenters. The molecule has 0 fully saturated rings. The zero-order valence-corrected chi connectivity index (χ0v) is 21.0. The molecule has 0 spiro atoms. The third-order valence-corrected chi connectivity index (χ3v) is 8.20. The van der Waals surface area contributed by atoms with E-state index in [2.05, 4.69) is 100 Å². The lowest BCUT2D eigenvalue weighted by atomic mass is 9.81. The van der Waals surface area contributed by atoms with Crippen molar-refractivity contribution in [1.82, 2.24) is 19.5 Å². The molecule has 4 nitrogen and oxygen atoms in total. The molecule has 0 saturated carbocycles. The van der Waals surface area contributed by atoms with Crippen LogP contribution in [0.5, 0.6) is 0 Å². The lowest BCUT2D eigenvalue weighted by Crippen LogP contribution is -2.15. The van der Waals surface area contributed by atoms with Gasteiger partial charge in [-0.1, -0.05) is 62.4 Å². The number of rotatable bonds is 1. The van der Waals surface area contributed by atoms with E-state index in [1.54, 1.807) is 0 Å². The van der Waals surface area contributed by atoms with E-state index in [1.807, 2.05) is 6.07 Å². The molecule has 36 heavy (non-hydrogen) atoms. The van der Waals surface area contributed by atoms with Gasteiger partial charge < -0.3 is 4.57 Å². The van der Waals surface area contributed by atoms with Crippen molar-refractivity contribution in [3.63, 3.8) is 0 Å². The van der Waals surface area contributed by atoms with Gasteiger partial charge in [0, 0.05) is 32.9 Å². The van der Waals surface area contributed by atoms with Crippen molar-refractivity contribution in [2.75, 3.05) is 0 Å². The third kappa shape index (κ3) is 2.43. The van der Waals surface area contributed by atoms with Crippen molar-refractivity contribution < 1.29 is 0 Å². The summed E-state index contributed by atoms with van der Waals surface area (Å²) in [5.74, 6) is 0.463. The average Bonchev–Trinajstić information content (AvgIpc) is 3.27. The Balaban J connectivity index is 1.57. The molecule has 2 aliphatic rings. The minimum absolute atomic E-state index is 0.0774. The van der Waals surface area contributed by atoms with E-state index in [4.69, 9.17) is 23.2 Å². The van der Waals surface area contributed by atoms with Gasteiger partial charge in [-0.2, -0.15) is 15.0 Å². The molecule has 4 aromatic carbocycles. The fraction of sp³-hybridized carbons (Fsp3) is 0.100. The molecular weight excluding hydrogens is 487 g/mol. The van der Waals surface area contributed by atoms with Crippen LogP contribution in [0.1, 0.15) is 25.0 Å². The summed E-state index contributed by atoms with van der Waals surface area (Å²) in [5.41, 5.74) is 12.3. The fourth-order valence-corrected chi connectivity index (χ4v) is 6.70. The second-order valence-electron chi connectivity index (χ2n) is 10.0. The summed E-state index contributed by atoms with van der Waals surface area (Å²) in [4.78, 5) is 12.5. The number of nitrogens with zero attached hydrogens (tertiary/aromatic N) is 4. The molecular formula is C30H18Cl2N4. The Morgan fingerprint density at radius 3 is 2.28 bits per heavy atom. The van der Waals surface area contributed by atoms with Gasteiger partial charge in [-0.25, -0.2) is 0 Å². The van der Waals surface area contributed by atoms with Gasteiger partial charge in [0.1, 0.15) is 0 Å². The van der Waals surface area contributed by atoms with E-state index >= 15 is 0 Å². The number of fused-ring (bicyclic) bond motifs is 6. The first-order chi connectivity index (χ1) is 17.4. The topological polar surface area (TPSA) is 43.6 Å². The quantitative estimate of drug-likeness (QED) is 0.226. The lowest BCUT2D eigenvalue weighted by molar-refractivity contribution is 0.661. The number of halogens is 2. The second-order valence-corrected chi connectivity index (χ2v) is 10.7. The molecule has 0 unspecified atom stereocenters. The zero-order valence-electron chi connectivity index (χ0n) is 19.5. The molecule has 3 heterocycles.